The lowest BCUT2D eigenvalue weighted by atomic mass is 9.97. The molecule has 204 valence electrons. The number of carbonyl (C=O) groups excluding carboxylic acids is 2. The molecule has 7 nitrogen and oxygen atoms in total. The minimum atomic E-state index is -5.72. The van der Waals surface area contributed by atoms with Crippen molar-refractivity contribution in [3.63, 3.8) is 0 Å². The highest BCUT2D eigenvalue weighted by atomic mass is 19.3. The van der Waals surface area contributed by atoms with E-state index in [1.807, 2.05) is 36.4 Å². The topological polar surface area (TPSA) is 87.1 Å². The summed E-state index contributed by atoms with van der Waals surface area (Å²) in [6.45, 7) is -4.40. The molecule has 13 heteroatoms. The molecule has 38 heavy (non-hydrogen) atoms. The van der Waals surface area contributed by atoms with Crippen LogP contribution in [0.3, 0.4) is 0 Å². The van der Waals surface area contributed by atoms with Crippen LogP contribution in [0.1, 0.15) is 23.5 Å². The van der Waals surface area contributed by atoms with Gasteiger partial charge in [-0.1, -0.05) is 48.5 Å². The van der Waals surface area contributed by atoms with Gasteiger partial charge >= 0.3 is 29.8 Å². The van der Waals surface area contributed by atoms with Crippen molar-refractivity contribution in [2.24, 2.45) is 0 Å². The van der Waals surface area contributed by atoms with E-state index in [9.17, 15) is 45.8 Å². The second kappa shape index (κ2) is 9.52. The Kier molecular flexibility index (Phi) is 6.83. The monoisotopic (exact) mass is 544 g/mol. The van der Waals surface area contributed by atoms with E-state index < -0.39 is 67.2 Å². The van der Waals surface area contributed by atoms with Gasteiger partial charge in [0.15, 0.2) is 0 Å². The molecule has 0 bridgehead atoms. The summed E-state index contributed by atoms with van der Waals surface area (Å²) in [4.78, 5) is 37.3. The average Bonchev–Trinajstić information content (AvgIpc) is 3.17. The standard InChI is InChI=1S/C25H22F6N2O5/c1-32(19(10-20(34)35)21(36)33-12-23(26,27)25(30,31)24(28,29)13-33)22(37)38-11-18-16-8-4-2-6-14(16)15-7-3-5-9-17(15)18/h2-9,18-19H,10-13H2,1H3,(H,34,35). The number of hydrogen-bond acceptors (Lipinski definition) is 4. The zero-order valence-electron chi connectivity index (χ0n) is 19.8. The molecule has 1 fully saturated rings. The second-order valence-electron chi connectivity index (χ2n) is 9.21. The molecule has 1 unspecified atom stereocenters. The van der Waals surface area contributed by atoms with E-state index in [0.29, 0.717) is 4.90 Å². The molecule has 0 spiro atoms. The number of likely N-dealkylation sites (N-methyl/N-ethyl adjacent to an activating group) is 1. The van der Waals surface area contributed by atoms with Gasteiger partial charge in [-0.15, -0.1) is 0 Å². The Hall–Kier alpha value is -3.77. The minimum Gasteiger partial charge on any atom is -0.481 e. The second-order valence-corrected chi connectivity index (χ2v) is 9.21. The first-order chi connectivity index (χ1) is 17.7. The van der Waals surface area contributed by atoms with Crippen LogP contribution in [0.2, 0.25) is 0 Å². The number of halogens is 6. The number of fused-ring (bicyclic) bond motifs is 3. The minimum absolute atomic E-state index is 0.239. The molecule has 1 atom stereocenters. The van der Waals surface area contributed by atoms with Gasteiger partial charge in [0.05, 0.1) is 19.5 Å². The maximum Gasteiger partial charge on any atom is 0.410 e. The van der Waals surface area contributed by atoms with Gasteiger partial charge in [0.25, 0.3) is 0 Å². The van der Waals surface area contributed by atoms with Crippen molar-refractivity contribution in [2.75, 3.05) is 26.7 Å². The van der Waals surface area contributed by atoms with Crippen LogP contribution in [0.5, 0.6) is 0 Å². The summed E-state index contributed by atoms with van der Waals surface area (Å²) in [5, 5.41) is 9.21. The van der Waals surface area contributed by atoms with Crippen molar-refractivity contribution >= 4 is 18.0 Å². The van der Waals surface area contributed by atoms with Gasteiger partial charge in [0.2, 0.25) is 5.91 Å². The number of amides is 2. The number of benzene rings is 2. The summed E-state index contributed by atoms with van der Waals surface area (Å²) in [5.74, 6) is -20.0. The van der Waals surface area contributed by atoms with Gasteiger partial charge in [0, 0.05) is 13.0 Å². The highest BCUT2D eigenvalue weighted by molar-refractivity contribution is 5.89. The van der Waals surface area contributed by atoms with E-state index in [1.165, 1.54) is 0 Å². The van der Waals surface area contributed by atoms with Gasteiger partial charge in [-0.3, -0.25) is 14.5 Å². The third kappa shape index (κ3) is 4.54. The molecule has 1 aliphatic heterocycles. The fourth-order valence-corrected chi connectivity index (χ4v) is 4.75. The zero-order valence-corrected chi connectivity index (χ0v) is 19.8. The third-order valence-corrected chi connectivity index (χ3v) is 6.75. The van der Waals surface area contributed by atoms with Crippen molar-refractivity contribution in [1.82, 2.24) is 9.80 Å². The Morgan fingerprint density at radius 1 is 0.947 bits per heavy atom. The number of carboxylic acid groups (broad SMARTS) is 1. The lowest BCUT2D eigenvalue weighted by molar-refractivity contribution is -0.335. The zero-order chi connectivity index (χ0) is 28.0. The van der Waals surface area contributed by atoms with Crippen LogP contribution in [0, 0.1) is 0 Å². The number of alkyl halides is 6. The quantitative estimate of drug-likeness (QED) is 0.543. The summed E-state index contributed by atoms with van der Waals surface area (Å²) >= 11 is 0. The molecule has 2 amide bonds. The molecule has 0 radical (unpaired) electrons. The first kappa shape index (κ1) is 27.3. The van der Waals surface area contributed by atoms with E-state index in [-0.39, 0.29) is 11.5 Å². The molecule has 2 aromatic rings. The normalized spacial score (nSPS) is 19.7. The van der Waals surface area contributed by atoms with Gasteiger partial charge in [0.1, 0.15) is 12.6 Å². The number of piperidine rings is 1. The van der Waals surface area contributed by atoms with Crippen molar-refractivity contribution < 1.29 is 50.6 Å². The third-order valence-electron chi connectivity index (χ3n) is 6.75. The van der Waals surface area contributed by atoms with Crippen molar-refractivity contribution in [1.29, 1.82) is 0 Å². The number of hydrogen-bond donors (Lipinski definition) is 1. The number of carbonyl (C=O) groups is 3. The molecule has 0 saturated carbocycles. The van der Waals surface area contributed by atoms with Crippen LogP contribution in [-0.4, -0.2) is 83.4 Å². The predicted octanol–water partition coefficient (Wildman–Crippen LogP) is 4.46. The van der Waals surface area contributed by atoms with Crippen molar-refractivity contribution in [2.45, 2.75) is 36.1 Å². The molecule has 2 aliphatic rings. The average molecular weight is 544 g/mol. The van der Waals surface area contributed by atoms with E-state index in [4.69, 9.17) is 4.74 Å². The molecular formula is C25H22F6N2O5. The van der Waals surface area contributed by atoms with Crippen LogP contribution < -0.4 is 0 Å². The Balaban J connectivity index is 1.52. The van der Waals surface area contributed by atoms with Crippen LogP contribution in [0.25, 0.3) is 11.1 Å². The van der Waals surface area contributed by atoms with E-state index >= 15 is 0 Å². The van der Waals surface area contributed by atoms with Crippen LogP contribution in [-0.2, 0) is 14.3 Å². The lowest BCUT2D eigenvalue weighted by Crippen LogP contribution is -2.69. The van der Waals surface area contributed by atoms with Crippen LogP contribution in [0.4, 0.5) is 31.1 Å². The molecular weight excluding hydrogens is 522 g/mol. The Morgan fingerprint density at radius 2 is 1.42 bits per heavy atom. The SMILES string of the molecule is CN(C(=O)OCC1c2ccccc2-c2ccccc21)C(CC(=O)O)C(=O)N1CC(F)(F)C(F)(F)C(F)(F)C1. The van der Waals surface area contributed by atoms with Crippen molar-refractivity contribution in [3.8, 4) is 11.1 Å². The van der Waals surface area contributed by atoms with Gasteiger partial charge in [-0.2, -0.15) is 26.3 Å². The molecule has 4 rings (SSSR count). The largest absolute Gasteiger partial charge is 0.481 e. The van der Waals surface area contributed by atoms with Crippen LogP contribution in [0.15, 0.2) is 48.5 Å². The highest BCUT2D eigenvalue weighted by Crippen LogP contribution is 2.49. The lowest BCUT2D eigenvalue weighted by Gasteiger charge is -2.44. The van der Waals surface area contributed by atoms with Gasteiger partial charge < -0.3 is 14.7 Å². The number of ether oxygens (including phenoxy) is 1. The predicted molar refractivity (Wildman–Crippen MR) is 120 cm³/mol. The number of carboxylic acids is 1. The highest BCUT2D eigenvalue weighted by Gasteiger charge is 2.75. The Labute approximate surface area is 212 Å². The summed E-state index contributed by atoms with van der Waals surface area (Å²) < 4.78 is 87.9. The first-order valence-electron chi connectivity index (χ1n) is 11.4. The summed E-state index contributed by atoms with van der Waals surface area (Å²) in [6.07, 6.45) is -2.39. The molecule has 1 heterocycles. The summed E-state index contributed by atoms with van der Waals surface area (Å²) in [7, 11) is 0.930. The number of aliphatic carboxylic acids is 1. The van der Waals surface area contributed by atoms with E-state index in [2.05, 4.69) is 0 Å². The molecule has 1 aliphatic carbocycles. The van der Waals surface area contributed by atoms with E-state index in [1.54, 1.807) is 12.1 Å². The fraction of sp³-hybridized carbons (Fsp3) is 0.400. The van der Waals surface area contributed by atoms with E-state index in [0.717, 1.165) is 29.3 Å². The van der Waals surface area contributed by atoms with Crippen LogP contribution >= 0.6 is 0 Å². The Morgan fingerprint density at radius 3 is 1.89 bits per heavy atom. The number of nitrogens with zero attached hydrogens (tertiary/aromatic N) is 2. The maximum atomic E-state index is 13.9. The van der Waals surface area contributed by atoms with Crippen molar-refractivity contribution in [3.05, 3.63) is 59.7 Å². The Bertz CT molecular complexity index is 1200. The number of rotatable bonds is 6. The fourth-order valence-electron chi connectivity index (χ4n) is 4.75. The molecule has 1 saturated heterocycles. The number of likely N-dealkylation sites (tertiary alicyclic amines) is 1. The summed E-state index contributed by atoms with van der Waals surface area (Å²) in [6, 6.07) is 12.6. The smallest absolute Gasteiger partial charge is 0.410 e. The molecule has 2 aromatic carbocycles. The molecule has 1 N–H and O–H groups in total. The maximum absolute atomic E-state index is 13.9. The van der Waals surface area contributed by atoms with Gasteiger partial charge in [-0.05, 0) is 22.3 Å². The summed E-state index contributed by atoms with van der Waals surface area (Å²) in [5.41, 5.74) is 3.53. The first-order valence-corrected chi connectivity index (χ1v) is 11.4. The molecule has 0 aromatic heterocycles. The van der Waals surface area contributed by atoms with Gasteiger partial charge in [-0.25, -0.2) is 4.79 Å².